The Morgan fingerprint density at radius 1 is 1.20 bits per heavy atom. The molecular formula is C20H23FN2O2. The number of hydrogen-bond donors (Lipinski definition) is 2. The number of likely N-dealkylation sites (N-methyl/N-ethyl adjacent to an activating group) is 1. The fourth-order valence-electron chi connectivity index (χ4n) is 3.02. The maximum Gasteiger partial charge on any atom is 0.246 e. The Morgan fingerprint density at radius 2 is 1.84 bits per heavy atom. The minimum Gasteiger partial charge on any atom is -0.392 e. The van der Waals surface area contributed by atoms with E-state index in [1.54, 1.807) is 0 Å². The van der Waals surface area contributed by atoms with Gasteiger partial charge in [0.25, 0.3) is 0 Å². The average molecular weight is 342 g/mol. The van der Waals surface area contributed by atoms with Crippen LogP contribution in [0.15, 0.2) is 54.6 Å². The molecule has 3 rings (SSSR count). The molecule has 0 saturated heterocycles. The van der Waals surface area contributed by atoms with E-state index in [4.69, 9.17) is 0 Å². The monoisotopic (exact) mass is 342 g/mol. The molecule has 1 aliphatic rings. The lowest BCUT2D eigenvalue weighted by molar-refractivity contribution is -0.121. The highest BCUT2D eigenvalue weighted by Gasteiger charge is 2.33. The first-order valence-corrected chi connectivity index (χ1v) is 8.54. The van der Waals surface area contributed by atoms with Crippen LogP contribution in [0.25, 0.3) is 0 Å². The van der Waals surface area contributed by atoms with E-state index in [2.05, 4.69) is 5.32 Å². The highest BCUT2D eigenvalue weighted by Crippen LogP contribution is 2.33. The molecule has 2 atom stereocenters. The van der Waals surface area contributed by atoms with Gasteiger partial charge in [0.2, 0.25) is 5.91 Å². The van der Waals surface area contributed by atoms with Crippen molar-refractivity contribution in [3.05, 3.63) is 66.0 Å². The fraction of sp³-hybridized carbons (Fsp3) is 0.350. The second-order valence-corrected chi connectivity index (χ2v) is 6.65. The predicted octanol–water partition coefficient (Wildman–Crippen LogP) is 3.21. The van der Waals surface area contributed by atoms with Crippen LogP contribution in [-0.4, -0.2) is 35.6 Å². The molecule has 1 saturated carbocycles. The number of nitrogens with zero attached hydrogens (tertiary/aromatic N) is 1. The fourth-order valence-corrected chi connectivity index (χ4v) is 3.02. The molecule has 25 heavy (non-hydrogen) atoms. The Bertz CT molecular complexity index is 701. The highest BCUT2D eigenvalue weighted by molar-refractivity contribution is 5.95. The average Bonchev–Trinajstić information content (AvgIpc) is 3.43. The van der Waals surface area contributed by atoms with Gasteiger partial charge in [0.15, 0.2) is 0 Å². The number of benzene rings is 2. The van der Waals surface area contributed by atoms with Gasteiger partial charge in [-0.3, -0.25) is 9.69 Å². The van der Waals surface area contributed by atoms with E-state index in [0.29, 0.717) is 18.2 Å². The Hall–Kier alpha value is -2.24. The highest BCUT2D eigenvalue weighted by atomic mass is 19.1. The van der Waals surface area contributed by atoms with Crippen LogP contribution in [0.5, 0.6) is 0 Å². The van der Waals surface area contributed by atoms with E-state index in [0.717, 1.165) is 18.4 Å². The first kappa shape index (κ1) is 17.6. The molecule has 4 nitrogen and oxygen atoms in total. The molecule has 0 heterocycles. The van der Waals surface area contributed by atoms with Gasteiger partial charge in [-0.1, -0.05) is 30.3 Å². The molecule has 2 N–H and O–H groups in total. The van der Waals surface area contributed by atoms with Gasteiger partial charge >= 0.3 is 0 Å². The van der Waals surface area contributed by atoms with Crippen LogP contribution in [0, 0.1) is 11.7 Å². The van der Waals surface area contributed by atoms with Crippen LogP contribution < -0.4 is 5.32 Å². The lowest BCUT2D eigenvalue weighted by Gasteiger charge is -2.29. The molecule has 1 amide bonds. The zero-order valence-electron chi connectivity index (χ0n) is 14.2. The molecule has 1 aliphatic carbocycles. The molecule has 132 valence electrons. The maximum absolute atomic E-state index is 13.1. The standard InChI is InChI=1S/C20H23FN2O2/c1-23(13-18(24)14-7-8-14)19(15-5-3-2-4-6-15)20(25)22-17-11-9-16(21)10-12-17/h2-6,9-12,14,18-19,24H,7-8,13H2,1H3,(H,22,25). The van der Waals surface area contributed by atoms with E-state index >= 15 is 0 Å². The number of carbonyl (C=O) groups excluding carboxylic acids is 1. The largest absolute Gasteiger partial charge is 0.392 e. The number of hydrogen-bond acceptors (Lipinski definition) is 3. The quantitative estimate of drug-likeness (QED) is 0.812. The summed E-state index contributed by atoms with van der Waals surface area (Å²) in [6, 6.07) is 14.6. The maximum atomic E-state index is 13.1. The van der Waals surface area contributed by atoms with Crippen molar-refractivity contribution < 1.29 is 14.3 Å². The minimum absolute atomic E-state index is 0.205. The molecule has 0 aromatic heterocycles. The molecular weight excluding hydrogens is 319 g/mol. The van der Waals surface area contributed by atoms with Crippen LogP contribution in [0.3, 0.4) is 0 Å². The number of aliphatic hydroxyl groups is 1. The third kappa shape index (κ3) is 4.65. The molecule has 5 heteroatoms. The number of nitrogens with one attached hydrogen (secondary N) is 1. The molecule has 0 radical (unpaired) electrons. The van der Waals surface area contributed by atoms with Gasteiger partial charge < -0.3 is 10.4 Å². The number of anilines is 1. The minimum atomic E-state index is -0.528. The molecule has 1 fully saturated rings. The summed E-state index contributed by atoms with van der Waals surface area (Å²) in [4.78, 5) is 14.8. The van der Waals surface area contributed by atoms with Crippen molar-refractivity contribution in [1.29, 1.82) is 0 Å². The van der Waals surface area contributed by atoms with Crippen molar-refractivity contribution in [2.75, 3.05) is 18.9 Å². The summed E-state index contributed by atoms with van der Waals surface area (Å²) < 4.78 is 13.1. The first-order chi connectivity index (χ1) is 12.0. The first-order valence-electron chi connectivity index (χ1n) is 8.54. The van der Waals surface area contributed by atoms with Crippen molar-refractivity contribution in [3.8, 4) is 0 Å². The van der Waals surface area contributed by atoms with Gasteiger partial charge in [0.1, 0.15) is 11.9 Å². The van der Waals surface area contributed by atoms with Gasteiger partial charge in [-0.15, -0.1) is 0 Å². The molecule has 0 aliphatic heterocycles. The normalized spacial score (nSPS) is 16.5. The number of rotatable bonds is 7. The smallest absolute Gasteiger partial charge is 0.246 e. The van der Waals surface area contributed by atoms with Gasteiger partial charge in [0.05, 0.1) is 6.10 Å². The van der Waals surface area contributed by atoms with Gasteiger partial charge in [-0.2, -0.15) is 0 Å². The van der Waals surface area contributed by atoms with Crippen molar-refractivity contribution in [2.45, 2.75) is 25.0 Å². The second-order valence-electron chi connectivity index (χ2n) is 6.65. The van der Waals surface area contributed by atoms with E-state index < -0.39 is 12.1 Å². The van der Waals surface area contributed by atoms with Crippen LogP contribution in [0.2, 0.25) is 0 Å². The summed E-state index contributed by atoms with van der Waals surface area (Å²) in [7, 11) is 1.84. The molecule has 2 aromatic carbocycles. The second kappa shape index (κ2) is 7.76. The third-order valence-corrected chi connectivity index (χ3v) is 4.56. The molecule has 2 aromatic rings. The zero-order valence-corrected chi connectivity index (χ0v) is 14.2. The number of halogens is 1. The Kier molecular flexibility index (Phi) is 5.46. The lowest BCUT2D eigenvalue weighted by atomic mass is 10.0. The van der Waals surface area contributed by atoms with Crippen LogP contribution in [0.4, 0.5) is 10.1 Å². The van der Waals surface area contributed by atoms with Gasteiger partial charge in [-0.05, 0) is 55.6 Å². The van der Waals surface area contributed by atoms with Crippen LogP contribution in [0.1, 0.15) is 24.4 Å². The Balaban J connectivity index is 1.77. The predicted molar refractivity (Wildman–Crippen MR) is 95.6 cm³/mol. The molecule has 0 bridgehead atoms. The molecule has 0 spiro atoms. The lowest BCUT2D eigenvalue weighted by Crippen LogP contribution is -2.39. The van der Waals surface area contributed by atoms with Crippen LogP contribution in [-0.2, 0) is 4.79 Å². The van der Waals surface area contributed by atoms with Gasteiger partial charge in [-0.25, -0.2) is 4.39 Å². The number of carbonyl (C=O) groups is 1. The van der Waals surface area contributed by atoms with E-state index in [1.807, 2.05) is 42.3 Å². The summed E-state index contributed by atoms with van der Waals surface area (Å²) in [6.45, 7) is 0.432. The van der Waals surface area contributed by atoms with Gasteiger partial charge in [0, 0.05) is 12.2 Å². The summed E-state index contributed by atoms with van der Waals surface area (Å²) in [5.41, 5.74) is 1.40. The van der Waals surface area contributed by atoms with Crippen molar-refractivity contribution in [2.24, 2.45) is 5.92 Å². The summed E-state index contributed by atoms with van der Waals surface area (Å²) in [5, 5.41) is 13.1. The summed E-state index contributed by atoms with van der Waals surface area (Å²) >= 11 is 0. The van der Waals surface area contributed by atoms with E-state index in [-0.39, 0.29) is 11.7 Å². The van der Waals surface area contributed by atoms with Crippen molar-refractivity contribution in [3.63, 3.8) is 0 Å². The topological polar surface area (TPSA) is 52.6 Å². The van der Waals surface area contributed by atoms with Crippen molar-refractivity contribution >= 4 is 11.6 Å². The third-order valence-electron chi connectivity index (χ3n) is 4.56. The SMILES string of the molecule is CN(CC(O)C1CC1)C(C(=O)Nc1ccc(F)cc1)c1ccccc1. The summed E-state index contributed by atoms with van der Waals surface area (Å²) in [6.07, 6.45) is 1.68. The zero-order chi connectivity index (χ0) is 17.8. The molecule has 2 unspecified atom stereocenters. The van der Waals surface area contributed by atoms with E-state index in [1.165, 1.54) is 24.3 Å². The van der Waals surface area contributed by atoms with Crippen molar-refractivity contribution in [1.82, 2.24) is 4.90 Å². The van der Waals surface area contributed by atoms with E-state index in [9.17, 15) is 14.3 Å². The Labute approximate surface area is 147 Å². The number of amides is 1. The Morgan fingerprint density at radius 3 is 2.44 bits per heavy atom. The summed E-state index contributed by atoms with van der Waals surface area (Å²) in [5.74, 6) is -0.204. The van der Waals surface area contributed by atoms with Crippen LogP contribution >= 0.6 is 0 Å². The number of aliphatic hydroxyl groups excluding tert-OH is 1.